The Bertz CT molecular complexity index is 466. The number of nitrogens with one attached hydrogen (secondary N) is 1. The summed E-state index contributed by atoms with van der Waals surface area (Å²) in [4.78, 5) is 17.5. The lowest BCUT2D eigenvalue weighted by molar-refractivity contribution is -0.138. The molecule has 2 aliphatic heterocycles. The fraction of sp³-hybridized carbons (Fsp3) is 0.667. The van der Waals surface area contributed by atoms with Gasteiger partial charge in [-0.2, -0.15) is 0 Å². The van der Waals surface area contributed by atoms with Gasteiger partial charge in [0.15, 0.2) is 0 Å². The first kappa shape index (κ1) is 13.1. The summed E-state index contributed by atoms with van der Waals surface area (Å²) in [7, 11) is 0. The Labute approximate surface area is 119 Å². The number of likely N-dealkylation sites (tertiary alicyclic amines) is 1. The molecule has 1 aromatic heterocycles. The van der Waals surface area contributed by atoms with Crippen LogP contribution in [0.2, 0.25) is 0 Å². The largest absolute Gasteiger partial charge is 0.335 e. The molecule has 3 rings (SSSR count). The minimum absolute atomic E-state index is 0.169. The first-order valence-electron chi connectivity index (χ1n) is 7.24. The molecule has 1 amide bonds. The molecule has 2 fully saturated rings. The van der Waals surface area contributed by atoms with E-state index in [2.05, 4.69) is 36.2 Å². The lowest BCUT2D eigenvalue weighted by atomic mass is 9.88. The SMILES string of the molecule is Cc1ccc(C2CCCN2C(=O)C(C)C2CNC2)s1. The van der Waals surface area contributed by atoms with E-state index in [9.17, 15) is 4.79 Å². The predicted octanol–water partition coefficient (Wildman–Crippen LogP) is 2.58. The highest BCUT2D eigenvalue weighted by Crippen LogP contribution is 2.37. The Hall–Kier alpha value is -0.870. The van der Waals surface area contributed by atoms with Crippen LogP contribution in [-0.4, -0.2) is 30.4 Å². The minimum Gasteiger partial charge on any atom is -0.335 e. The number of hydrogen-bond acceptors (Lipinski definition) is 3. The standard InChI is InChI=1S/C15H22N2OS/c1-10-5-6-14(19-10)13-4-3-7-17(13)15(18)11(2)12-8-16-9-12/h5-6,11-13,16H,3-4,7-9H2,1-2H3. The summed E-state index contributed by atoms with van der Waals surface area (Å²) < 4.78 is 0. The molecule has 0 spiro atoms. The molecule has 0 aliphatic carbocycles. The maximum Gasteiger partial charge on any atom is 0.226 e. The van der Waals surface area contributed by atoms with Gasteiger partial charge in [-0.15, -0.1) is 11.3 Å². The van der Waals surface area contributed by atoms with Crippen LogP contribution in [0.5, 0.6) is 0 Å². The van der Waals surface area contributed by atoms with E-state index in [1.54, 1.807) is 0 Å². The van der Waals surface area contributed by atoms with E-state index in [0.29, 0.717) is 17.9 Å². The maximum absolute atomic E-state index is 12.7. The molecule has 19 heavy (non-hydrogen) atoms. The number of aryl methyl sites for hydroxylation is 1. The number of rotatable bonds is 3. The molecule has 1 N–H and O–H groups in total. The van der Waals surface area contributed by atoms with E-state index in [-0.39, 0.29) is 5.92 Å². The van der Waals surface area contributed by atoms with E-state index in [1.165, 1.54) is 9.75 Å². The molecule has 2 aliphatic rings. The molecular weight excluding hydrogens is 256 g/mol. The van der Waals surface area contributed by atoms with Crippen molar-refractivity contribution in [1.82, 2.24) is 10.2 Å². The molecule has 4 heteroatoms. The van der Waals surface area contributed by atoms with Gasteiger partial charge in [-0.1, -0.05) is 6.92 Å². The smallest absolute Gasteiger partial charge is 0.226 e. The van der Waals surface area contributed by atoms with Crippen molar-refractivity contribution in [2.75, 3.05) is 19.6 Å². The van der Waals surface area contributed by atoms with Gasteiger partial charge in [-0.3, -0.25) is 4.79 Å². The van der Waals surface area contributed by atoms with Gasteiger partial charge < -0.3 is 10.2 Å². The summed E-state index contributed by atoms with van der Waals surface area (Å²) in [5.41, 5.74) is 0. The molecule has 0 bridgehead atoms. The molecule has 2 atom stereocenters. The monoisotopic (exact) mass is 278 g/mol. The lowest BCUT2D eigenvalue weighted by Gasteiger charge is -2.35. The van der Waals surface area contributed by atoms with Gasteiger partial charge in [0.05, 0.1) is 6.04 Å². The average Bonchev–Trinajstić information content (AvgIpc) is 2.93. The summed E-state index contributed by atoms with van der Waals surface area (Å²) in [5, 5.41) is 3.27. The first-order valence-corrected chi connectivity index (χ1v) is 8.06. The van der Waals surface area contributed by atoms with Crippen molar-refractivity contribution in [3.05, 3.63) is 21.9 Å². The summed E-state index contributed by atoms with van der Waals surface area (Å²) in [6.07, 6.45) is 2.27. The number of amides is 1. The van der Waals surface area contributed by atoms with Crippen molar-refractivity contribution in [3.63, 3.8) is 0 Å². The minimum atomic E-state index is 0.169. The van der Waals surface area contributed by atoms with Crippen LogP contribution in [0.4, 0.5) is 0 Å². The highest BCUT2D eigenvalue weighted by molar-refractivity contribution is 7.12. The first-order chi connectivity index (χ1) is 9.16. The van der Waals surface area contributed by atoms with E-state index in [0.717, 1.165) is 32.5 Å². The molecular formula is C15H22N2OS. The molecule has 1 aromatic rings. The van der Waals surface area contributed by atoms with E-state index < -0.39 is 0 Å². The Balaban J connectivity index is 1.73. The second kappa shape index (κ2) is 5.25. The van der Waals surface area contributed by atoms with Crippen molar-refractivity contribution < 1.29 is 4.79 Å². The van der Waals surface area contributed by atoms with Crippen molar-refractivity contribution in [2.24, 2.45) is 11.8 Å². The summed E-state index contributed by atoms with van der Waals surface area (Å²) in [6, 6.07) is 4.70. The lowest BCUT2D eigenvalue weighted by Crippen LogP contribution is -2.50. The number of hydrogen-bond donors (Lipinski definition) is 1. The Morgan fingerprint density at radius 1 is 1.47 bits per heavy atom. The second-order valence-electron chi connectivity index (χ2n) is 5.85. The van der Waals surface area contributed by atoms with E-state index >= 15 is 0 Å². The third kappa shape index (κ3) is 2.43. The fourth-order valence-corrected chi connectivity index (χ4v) is 4.11. The quantitative estimate of drug-likeness (QED) is 0.921. The van der Waals surface area contributed by atoms with E-state index in [4.69, 9.17) is 0 Å². The highest BCUT2D eigenvalue weighted by Gasteiger charge is 2.37. The second-order valence-corrected chi connectivity index (χ2v) is 7.16. The van der Waals surface area contributed by atoms with Crippen molar-refractivity contribution in [3.8, 4) is 0 Å². The summed E-state index contributed by atoms with van der Waals surface area (Å²) in [6.45, 7) is 7.18. The van der Waals surface area contributed by atoms with Gasteiger partial charge in [-0.25, -0.2) is 0 Å². The van der Waals surface area contributed by atoms with Crippen LogP contribution in [0.3, 0.4) is 0 Å². The molecule has 0 radical (unpaired) electrons. The molecule has 104 valence electrons. The van der Waals surface area contributed by atoms with Crippen molar-refractivity contribution in [2.45, 2.75) is 32.7 Å². The predicted molar refractivity (Wildman–Crippen MR) is 78.3 cm³/mol. The van der Waals surface area contributed by atoms with Crippen LogP contribution < -0.4 is 5.32 Å². The van der Waals surface area contributed by atoms with Crippen LogP contribution in [0.1, 0.15) is 35.6 Å². The van der Waals surface area contributed by atoms with E-state index in [1.807, 2.05) is 11.3 Å². The third-order valence-electron chi connectivity index (χ3n) is 4.54. The molecule has 2 unspecified atom stereocenters. The number of carbonyl (C=O) groups excluding carboxylic acids is 1. The van der Waals surface area contributed by atoms with Crippen molar-refractivity contribution >= 4 is 17.2 Å². The maximum atomic E-state index is 12.7. The third-order valence-corrected chi connectivity index (χ3v) is 5.64. The number of thiophene rings is 1. The molecule has 2 saturated heterocycles. The van der Waals surface area contributed by atoms with Crippen molar-refractivity contribution in [1.29, 1.82) is 0 Å². The molecule has 3 heterocycles. The van der Waals surface area contributed by atoms with Crippen LogP contribution in [0.25, 0.3) is 0 Å². The van der Waals surface area contributed by atoms with Crippen LogP contribution in [0, 0.1) is 18.8 Å². The van der Waals surface area contributed by atoms with Gasteiger partial charge in [0.1, 0.15) is 0 Å². The average molecular weight is 278 g/mol. The Morgan fingerprint density at radius 2 is 2.26 bits per heavy atom. The summed E-state index contributed by atoms with van der Waals surface area (Å²) >= 11 is 1.84. The molecule has 0 aromatic carbocycles. The Kier molecular flexibility index (Phi) is 3.63. The zero-order chi connectivity index (χ0) is 13.4. The topological polar surface area (TPSA) is 32.3 Å². The van der Waals surface area contributed by atoms with Gasteiger partial charge in [0, 0.05) is 22.2 Å². The fourth-order valence-electron chi connectivity index (χ4n) is 3.09. The molecule has 3 nitrogen and oxygen atoms in total. The molecule has 0 saturated carbocycles. The highest BCUT2D eigenvalue weighted by atomic mass is 32.1. The normalized spacial score (nSPS) is 25.4. The van der Waals surface area contributed by atoms with Gasteiger partial charge in [-0.05, 0) is 50.9 Å². The number of carbonyl (C=O) groups is 1. The van der Waals surface area contributed by atoms with Crippen LogP contribution in [-0.2, 0) is 4.79 Å². The van der Waals surface area contributed by atoms with Gasteiger partial charge in [0.2, 0.25) is 5.91 Å². The zero-order valence-electron chi connectivity index (χ0n) is 11.7. The zero-order valence-corrected chi connectivity index (χ0v) is 12.5. The Morgan fingerprint density at radius 3 is 2.84 bits per heavy atom. The number of nitrogens with zero attached hydrogens (tertiary/aromatic N) is 1. The van der Waals surface area contributed by atoms with Crippen LogP contribution >= 0.6 is 11.3 Å². The van der Waals surface area contributed by atoms with Gasteiger partial charge >= 0.3 is 0 Å². The van der Waals surface area contributed by atoms with Gasteiger partial charge in [0.25, 0.3) is 0 Å². The van der Waals surface area contributed by atoms with Crippen LogP contribution in [0.15, 0.2) is 12.1 Å². The summed E-state index contributed by atoms with van der Waals surface area (Å²) in [5.74, 6) is 1.07.